The third kappa shape index (κ3) is 3.79. The van der Waals surface area contributed by atoms with Crippen molar-refractivity contribution in [3.05, 3.63) is 30.3 Å². The highest BCUT2D eigenvalue weighted by atomic mass is 16.4. The van der Waals surface area contributed by atoms with Gasteiger partial charge in [-0.2, -0.15) is 5.10 Å². The number of carbonyl (C=O) groups is 3. The first-order chi connectivity index (χ1) is 11.5. The third-order valence-corrected chi connectivity index (χ3v) is 4.16. The fraction of sp³-hybridized carbons (Fsp3) is 0.412. The van der Waals surface area contributed by atoms with E-state index in [0.717, 1.165) is 12.8 Å². The molecule has 0 bridgehead atoms. The Hall–Kier alpha value is -2.70. The van der Waals surface area contributed by atoms with E-state index in [1.165, 1.54) is 5.01 Å². The summed E-state index contributed by atoms with van der Waals surface area (Å²) in [5, 5.41) is 17.1. The minimum atomic E-state index is -1.04. The van der Waals surface area contributed by atoms with Crippen molar-refractivity contribution >= 4 is 29.2 Å². The number of hydrogen-bond donors (Lipinski definition) is 2. The minimum Gasteiger partial charge on any atom is -0.480 e. The Morgan fingerprint density at radius 2 is 1.96 bits per heavy atom. The second-order valence-corrected chi connectivity index (χ2v) is 6.13. The normalized spacial score (nSPS) is 18.8. The quantitative estimate of drug-likeness (QED) is 0.827. The molecule has 7 nitrogen and oxygen atoms in total. The van der Waals surface area contributed by atoms with Crippen LogP contribution in [0.1, 0.15) is 32.1 Å². The number of nitrogens with zero attached hydrogens (tertiary/aromatic N) is 2. The maximum Gasteiger partial charge on any atom is 0.326 e. The highest BCUT2D eigenvalue weighted by molar-refractivity contribution is 6.40. The van der Waals surface area contributed by atoms with Gasteiger partial charge in [-0.3, -0.25) is 9.59 Å². The molecule has 2 amide bonds. The van der Waals surface area contributed by atoms with E-state index < -0.39 is 17.9 Å². The van der Waals surface area contributed by atoms with E-state index in [4.69, 9.17) is 0 Å². The first kappa shape index (κ1) is 16.2. The second kappa shape index (κ2) is 6.82. The summed E-state index contributed by atoms with van der Waals surface area (Å²) >= 11 is 0. The molecule has 126 valence electrons. The summed E-state index contributed by atoms with van der Waals surface area (Å²) < 4.78 is 0. The number of hydrogen-bond acceptors (Lipinski definition) is 4. The number of carboxylic acid groups (broad SMARTS) is 1. The number of amides is 2. The molecule has 1 saturated carbocycles. The highest BCUT2D eigenvalue weighted by Crippen LogP contribution is 2.33. The lowest BCUT2D eigenvalue weighted by atomic mass is 10.1. The molecule has 1 heterocycles. The summed E-state index contributed by atoms with van der Waals surface area (Å²) in [7, 11) is 0. The number of hydrazone groups is 1. The Bertz CT molecular complexity index is 682. The molecule has 0 aromatic heterocycles. The Balaban J connectivity index is 1.73. The van der Waals surface area contributed by atoms with E-state index in [-0.39, 0.29) is 24.5 Å². The number of para-hydroxylation sites is 1. The van der Waals surface area contributed by atoms with E-state index in [2.05, 4.69) is 10.4 Å². The zero-order valence-electron chi connectivity index (χ0n) is 13.1. The highest BCUT2D eigenvalue weighted by Gasteiger charge is 2.32. The van der Waals surface area contributed by atoms with Crippen LogP contribution in [0, 0.1) is 5.92 Å². The Kier molecular flexibility index (Phi) is 4.59. The van der Waals surface area contributed by atoms with Crippen molar-refractivity contribution in [1.82, 2.24) is 5.32 Å². The van der Waals surface area contributed by atoms with Gasteiger partial charge in [0.25, 0.3) is 5.91 Å². The largest absolute Gasteiger partial charge is 0.480 e. The molecule has 1 aliphatic carbocycles. The Morgan fingerprint density at radius 1 is 1.25 bits per heavy atom. The summed E-state index contributed by atoms with van der Waals surface area (Å²) in [6.07, 6.45) is 2.84. The van der Waals surface area contributed by atoms with E-state index >= 15 is 0 Å². The SMILES string of the molecule is O=C(NC(CC1CC1)C(=O)O)C1=NN(c2ccccc2)C(=O)CC1. The molecule has 2 aliphatic rings. The first-order valence-electron chi connectivity index (χ1n) is 8.03. The van der Waals surface area contributed by atoms with Gasteiger partial charge in [0.2, 0.25) is 5.91 Å². The van der Waals surface area contributed by atoms with Crippen molar-refractivity contribution in [2.75, 3.05) is 5.01 Å². The molecule has 1 aromatic rings. The van der Waals surface area contributed by atoms with Gasteiger partial charge >= 0.3 is 5.97 Å². The number of benzene rings is 1. The number of rotatable bonds is 6. The van der Waals surface area contributed by atoms with Crippen LogP contribution in [-0.4, -0.2) is 34.6 Å². The van der Waals surface area contributed by atoms with E-state index in [1.54, 1.807) is 24.3 Å². The van der Waals surface area contributed by atoms with Crippen LogP contribution >= 0.6 is 0 Å². The van der Waals surface area contributed by atoms with Crippen LogP contribution in [0.2, 0.25) is 0 Å². The zero-order chi connectivity index (χ0) is 17.1. The molecular weight excluding hydrogens is 310 g/mol. The topological polar surface area (TPSA) is 99.1 Å². The van der Waals surface area contributed by atoms with Gasteiger partial charge in [0.15, 0.2) is 0 Å². The zero-order valence-corrected chi connectivity index (χ0v) is 13.1. The van der Waals surface area contributed by atoms with Crippen LogP contribution in [0.3, 0.4) is 0 Å². The standard InChI is InChI=1S/C17H19N3O4/c21-15-9-8-13(19-20(15)12-4-2-1-3-5-12)16(22)18-14(17(23)24)10-11-6-7-11/h1-5,11,14H,6-10H2,(H,18,22)(H,23,24). The molecule has 2 N–H and O–H groups in total. The molecule has 3 rings (SSSR count). The Labute approximate surface area is 139 Å². The van der Waals surface area contributed by atoms with Crippen molar-refractivity contribution in [3.63, 3.8) is 0 Å². The molecule has 1 atom stereocenters. The van der Waals surface area contributed by atoms with Gasteiger partial charge in [-0.15, -0.1) is 0 Å². The fourth-order valence-electron chi connectivity index (χ4n) is 2.64. The van der Waals surface area contributed by atoms with Crippen LogP contribution in [0.25, 0.3) is 0 Å². The van der Waals surface area contributed by atoms with Crippen molar-refractivity contribution in [3.8, 4) is 0 Å². The van der Waals surface area contributed by atoms with Crippen molar-refractivity contribution in [1.29, 1.82) is 0 Å². The molecule has 1 aliphatic heterocycles. The van der Waals surface area contributed by atoms with Crippen LogP contribution in [0.5, 0.6) is 0 Å². The average molecular weight is 329 g/mol. The maximum absolute atomic E-state index is 12.4. The van der Waals surface area contributed by atoms with Gasteiger partial charge in [0.05, 0.1) is 5.69 Å². The molecule has 7 heteroatoms. The van der Waals surface area contributed by atoms with Gasteiger partial charge in [-0.25, -0.2) is 9.80 Å². The lowest BCUT2D eigenvalue weighted by Gasteiger charge is -2.24. The summed E-state index contributed by atoms with van der Waals surface area (Å²) in [6, 6.07) is 7.94. The van der Waals surface area contributed by atoms with Crippen molar-refractivity contribution < 1.29 is 19.5 Å². The smallest absolute Gasteiger partial charge is 0.326 e. The van der Waals surface area contributed by atoms with Gasteiger partial charge < -0.3 is 10.4 Å². The van der Waals surface area contributed by atoms with E-state index in [9.17, 15) is 19.5 Å². The van der Waals surface area contributed by atoms with Crippen LogP contribution < -0.4 is 10.3 Å². The third-order valence-electron chi connectivity index (χ3n) is 4.16. The molecule has 0 spiro atoms. The van der Waals surface area contributed by atoms with Crippen LogP contribution in [0.4, 0.5) is 5.69 Å². The van der Waals surface area contributed by atoms with E-state index in [0.29, 0.717) is 18.0 Å². The summed E-state index contributed by atoms with van der Waals surface area (Å²) in [5.41, 5.74) is 0.765. The van der Waals surface area contributed by atoms with Gasteiger partial charge in [0, 0.05) is 12.8 Å². The first-order valence-corrected chi connectivity index (χ1v) is 8.03. The Morgan fingerprint density at radius 3 is 2.58 bits per heavy atom. The van der Waals surface area contributed by atoms with Crippen molar-refractivity contribution in [2.24, 2.45) is 11.0 Å². The number of carboxylic acids is 1. The molecule has 24 heavy (non-hydrogen) atoms. The molecule has 1 aromatic carbocycles. The number of nitrogens with one attached hydrogen (secondary N) is 1. The number of carbonyl (C=O) groups excluding carboxylic acids is 2. The van der Waals surface area contributed by atoms with E-state index in [1.807, 2.05) is 6.07 Å². The monoisotopic (exact) mass is 329 g/mol. The summed E-state index contributed by atoms with van der Waals surface area (Å²) in [4.78, 5) is 35.7. The summed E-state index contributed by atoms with van der Waals surface area (Å²) in [5.74, 6) is -1.37. The summed E-state index contributed by atoms with van der Waals surface area (Å²) in [6.45, 7) is 0. The molecule has 0 radical (unpaired) electrons. The lowest BCUT2D eigenvalue weighted by molar-refractivity contribution is -0.141. The molecule has 1 unspecified atom stereocenters. The average Bonchev–Trinajstić information content (AvgIpc) is 3.39. The predicted molar refractivity (Wildman–Crippen MR) is 87.5 cm³/mol. The van der Waals surface area contributed by atoms with Crippen molar-refractivity contribution in [2.45, 2.75) is 38.1 Å². The second-order valence-electron chi connectivity index (χ2n) is 6.13. The predicted octanol–water partition coefficient (Wildman–Crippen LogP) is 1.54. The minimum absolute atomic E-state index is 0.168. The molecular formula is C17H19N3O4. The van der Waals surface area contributed by atoms with Gasteiger partial charge in [-0.1, -0.05) is 31.0 Å². The molecule has 0 saturated heterocycles. The number of aliphatic carboxylic acids is 1. The number of anilines is 1. The maximum atomic E-state index is 12.4. The lowest BCUT2D eigenvalue weighted by Crippen LogP contribution is -2.46. The van der Waals surface area contributed by atoms with Gasteiger partial charge in [-0.05, 0) is 24.5 Å². The molecule has 1 fully saturated rings. The van der Waals surface area contributed by atoms with Crippen LogP contribution in [0.15, 0.2) is 35.4 Å². The van der Waals surface area contributed by atoms with Crippen LogP contribution in [-0.2, 0) is 14.4 Å². The fourth-order valence-corrected chi connectivity index (χ4v) is 2.64. The van der Waals surface area contributed by atoms with Gasteiger partial charge in [0.1, 0.15) is 11.8 Å².